The lowest BCUT2D eigenvalue weighted by Gasteiger charge is -2.23. The van der Waals surface area contributed by atoms with Gasteiger partial charge in [-0.05, 0) is 61.4 Å². The Balaban J connectivity index is 1.80. The van der Waals surface area contributed by atoms with Crippen molar-refractivity contribution in [3.05, 3.63) is 88.6 Å². The van der Waals surface area contributed by atoms with Crippen LogP contribution in [-0.2, 0) is 16.0 Å². The van der Waals surface area contributed by atoms with E-state index in [1.165, 1.54) is 37.3 Å². The molecule has 4 rings (SSSR count). The Morgan fingerprint density at radius 3 is 2.41 bits per heavy atom. The second-order valence-corrected chi connectivity index (χ2v) is 7.88. The van der Waals surface area contributed by atoms with Crippen LogP contribution in [0.2, 0.25) is 0 Å². The third-order valence-electron chi connectivity index (χ3n) is 5.79. The molecular formula is C26H24FNO6. The third kappa shape index (κ3) is 4.26. The summed E-state index contributed by atoms with van der Waals surface area (Å²) in [6.07, 6.45) is 0.381. The number of halogens is 1. The lowest BCUT2D eigenvalue weighted by Crippen LogP contribution is -2.31. The molecule has 34 heavy (non-hydrogen) atoms. The SMILES string of the molecule is COc1ccc(OC)c(/C(O)=C2\C(=O)C(=O)N(CCc3ccc(F)cc3)C2c2ccc(C)o2)c1. The number of furan rings is 1. The predicted molar refractivity (Wildman–Crippen MR) is 122 cm³/mol. The molecule has 176 valence electrons. The molecule has 1 atom stereocenters. The molecule has 1 amide bonds. The molecule has 1 saturated heterocycles. The fourth-order valence-electron chi connectivity index (χ4n) is 4.05. The van der Waals surface area contributed by atoms with Gasteiger partial charge in [0.1, 0.15) is 40.6 Å². The largest absolute Gasteiger partial charge is 0.507 e. The molecule has 1 aliphatic heterocycles. The van der Waals surface area contributed by atoms with Gasteiger partial charge in [-0.25, -0.2) is 4.39 Å². The number of hydrogen-bond acceptors (Lipinski definition) is 6. The molecule has 7 nitrogen and oxygen atoms in total. The summed E-state index contributed by atoms with van der Waals surface area (Å²) in [6, 6.07) is 13.2. The summed E-state index contributed by atoms with van der Waals surface area (Å²) in [5, 5.41) is 11.3. The second kappa shape index (κ2) is 9.43. The monoisotopic (exact) mass is 465 g/mol. The molecule has 0 bridgehead atoms. The maximum Gasteiger partial charge on any atom is 0.295 e. The van der Waals surface area contributed by atoms with Crippen molar-refractivity contribution in [2.75, 3.05) is 20.8 Å². The first-order valence-electron chi connectivity index (χ1n) is 10.7. The Hall–Kier alpha value is -4.07. The number of aliphatic hydroxyl groups excluding tert-OH is 1. The molecular weight excluding hydrogens is 441 g/mol. The molecule has 0 saturated carbocycles. The molecule has 1 aliphatic rings. The number of carbonyl (C=O) groups excluding carboxylic acids is 2. The van der Waals surface area contributed by atoms with E-state index in [-0.39, 0.29) is 23.5 Å². The normalized spacial score (nSPS) is 17.3. The number of aryl methyl sites for hydroxylation is 1. The summed E-state index contributed by atoms with van der Waals surface area (Å²) in [4.78, 5) is 27.6. The number of hydrogen-bond donors (Lipinski definition) is 1. The Bertz CT molecular complexity index is 1260. The highest BCUT2D eigenvalue weighted by Crippen LogP contribution is 2.42. The van der Waals surface area contributed by atoms with E-state index in [4.69, 9.17) is 13.9 Å². The number of Topliss-reactive ketones (excluding diaryl/α,β-unsaturated/α-hetero) is 1. The number of nitrogens with zero attached hydrogens (tertiary/aromatic N) is 1. The average molecular weight is 465 g/mol. The van der Waals surface area contributed by atoms with Gasteiger partial charge in [-0.1, -0.05) is 12.1 Å². The first-order chi connectivity index (χ1) is 16.3. The van der Waals surface area contributed by atoms with E-state index in [0.29, 0.717) is 29.4 Å². The van der Waals surface area contributed by atoms with Crippen molar-refractivity contribution in [1.29, 1.82) is 0 Å². The van der Waals surface area contributed by atoms with Gasteiger partial charge in [0.05, 0.1) is 25.4 Å². The lowest BCUT2D eigenvalue weighted by atomic mass is 9.98. The van der Waals surface area contributed by atoms with E-state index in [9.17, 15) is 19.1 Å². The van der Waals surface area contributed by atoms with Crippen LogP contribution in [0.5, 0.6) is 11.5 Å². The summed E-state index contributed by atoms with van der Waals surface area (Å²) < 4.78 is 29.7. The van der Waals surface area contributed by atoms with Gasteiger partial charge in [-0.2, -0.15) is 0 Å². The zero-order valence-corrected chi connectivity index (χ0v) is 19.0. The van der Waals surface area contributed by atoms with Gasteiger partial charge in [-0.15, -0.1) is 0 Å². The number of rotatable bonds is 7. The van der Waals surface area contributed by atoms with E-state index >= 15 is 0 Å². The molecule has 8 heteroatoms. The Kier molecular flexibility index (Phi) is 6.40. The third-order valence-corrected chi connectivity index (χ3v) is 5.79. The standard InChI is InChI=1S/C26H24FNO6/c1-15-4-10-21(34-15)23-22(24(29)19-14-18(32-2)9-11-20(19)33-3)25(30)26(31)28(23)13-12-16-5-7-17(27)8-6-16/h4-11,14,23,29H,12-13H2,1-3H3/b24-22+. The summed E-state index contributed by atoms with van der Waals surface area (Å²) in [7, 11) is 2.92. The van der Waals surface area contributed by atoms with E-state index in [0.717, 1.165) is 5.56 Å². The molecule has 1 fully saturated rings. The van der Waals surface area contributed by atoms with Gasteiger partial charge in [0.15, 0.2) is 0 Å². The van der Waals surface area contributed by atoms with Crippen molar-refractivity contribution in [1.82, 2.24) is 4.90 Å². The molecule has 0 radical (unpaired) electrons. The first kappa shape index (κ1) is 23.1. The number of benzene rings is 2. The maximum atomic E-state index is 13.3. The number of carbonyl (C=O) groups is 2. The Morgan fingerprint density at radius 1 is 1.06 bits per heavy atom. The van der Waals surface area contributed by atoms with Gasteiger partial charge in [-0.3, -0.25) is 9.59 Å². The van der Waals surface area contributed by atoms with Crippen LogP contribution < -0.4 is 9.47 Å². The van der Waals surface area contributed by atoms with Crippen LogP contribution in [0.25, 0.3) is 5.76 Å². The molecule has 1 aromatic heterocycles. The highest BCUT2D eigenvalue weighted by Gasteiger charge is 2.47. The Morgan fingerprint density at radius 2 is 1.79 bits per heavy atom. The average Bonchev–Trinajstić information content (AvgIpc) is 3.38. The van der Waals surface area contributed by atoms with Crippen molar-refractivity contribution in [2.45, 2.75) is 19.4 Å². The summed E-state index contributed by atoms with van der Waals surface area (Å²) in [6.45, 7) is 1.91. The van der Waals surface area contributed by atoms with Crippen LogP contribution in [-0.4, -0.2) is 42.5 Å². The van der Waals surface area contributed by atoms with Gasteiger partial charge >= 0.3 is 0 Å². The molecule has 1 N–H and O–H groups in total. The molecule has 0 spiro atoms. The van der Waals surface area contributed by atoms with Crippen molar-refractivity contribution in [3.63, 3.8) is 0 Å². The molecule has 0 aliphatic carbocycles. The number of ether oxygens (including phenoxy) is 2. The van der Waals surface area contributed by atoms with Gasteiger partial charge in [0, 0.05) is 6.54 Å². The van der Waals surface area contributed by atoms with E-state index < -0.39 is 23.5 Å². The van der Waals surface area contributed by atoms with E-state index in [2.05, 4.69) is 0 Å². The summed E-state index contributed by atoms with van der Waals surface area (Å²) >= 11 is 0. The topological polar surface area (TPSA) is 89.2 Å². The van der Waals surface area contributed by atoms with E-state index in [1.807, 2.05) is 0 Å². The molecule has 2 aromatic carbocycles. The molecule has 2 heterocycles. The van der Waals surface area contributed by atoms with E-state index in [1.54, 1.807) is 43.3 Å². The number of methoxy groups -OCH3 is 2. The van der Waals surface area contributed by atoms with Crippen LogP contribution in [0.1, 0.15) is 28.7 Å². The first-order valence-corrected chi connectivity index (χ1v) is 10.7. The number of amides is 1. The predicted octanol–water partition coefficient (Wildman–Crippen LogP) is 4.41. The minimum absolute atomic E-state index is 0.106. The van der Waals surface area contributed by atoms with Crippen molar-refractivity contribution < 1.29 is 33.0 Å². The smallest absolute Gasteiger partial charge is 0.295 e. The summed E-state index contributed by atoms with van der Waals surface area (Å²) in [5.74, 6) is -0.647. The Labute approximate surface area is 196 Å². The fourth-order valence-corrected chi connectivity index (χ4v) is 4.05. The molecule has 3 aromatic rings. The van der Waals surface area contributed by atoms with Crippen LogP contribution in [0.3, 0.4) is 0 Å². The molecule has 1 unspecified atom stereocenters. The lowest BCUT2D eigenvalue weighted by molar-refractivity contribution is -0.140. The number of ketones is 1. The van der Waals surface area contributed by atoms with Crippen molar-refractivity contribution in [2.24, 2.45) is 0 Å². The zero-order chi connectivity index (χ0) is 24.4. The highest BCUT2D eigenvalue weighted by atomic mass is 19.1. The number of aliphatic hydroxyl groups is 1. The maximum absolute atomic E-state index is 13.3. The quantitative estimate of drug-likeness (QED) is 0.316. The minimum atomic E-state index is -0.940. The van der Waals surface area contributed by atoms with Gasteiger partial charge < -0.3 is 23.9 Å². The van der Waals surface area contributed by atoms with Crippen LogP contribution in [0.15, 0.2) is 64.6 Å². The summed E-state index contributed by atoms with van der Waals surface area (Å²) in [5.41, 5.74) is 0.906. The van der Waals surface area contributed by atoms with Crippen LogP contribution in [0.4, 0.5) is 4.39 Å². The van der Waals surface area contributed by atoms with Crippen LogP contribution >= 0.6 is 0 Å². The fraction of sp³-hybridized carbons (Fsp3) is 0.231. The van der Waals surface area contributed by atoms with Crippen molar-refractivity contribution >= 4 is 17.4 Å². The highest BCUT2D eigenvalue weighted by molar-refractivity contribution is 6.46. The second-order valence-electron chi connectivity index (χ2n) is 7.88. The van der Waals surface area contributed by atoms with Gasteiger partial charge in [0.2, 0.25) is 0 Å². The number of likely N-dealkylation sites (tertiary alicyclic amines) is 1. The minimum Gasteiger partial charge on any atom is -0.507 e. The zero-order valence-electron chi connectivity index (χ0n) is 19.0. The van der Waals surface area contributed by atoms with Gasteiger partial charge in [0.25, 0.3) is 11.7 Å². The van der Waals surface area contributed by atoms with Crippen molar-refractivity contribution in [3.8, 4) is 11.5 Å². The van der Waals surface area contributed by atoms with Crippen LogP contribution in [0, 0.1) is 12.7 Å².